The van der Waals surface area contributed by atoms with Gasteiger partial charge in [0.2, 0.25) is 0 Å². The molecule has 70 valence electrons. The molecule has 0 bridgehead atoms. The van der Waals surface area contributed by atoms with Crippen molar-refractivity contribution in [2.24, 2.45) is 0 Å². The summed E-state index contributed by atoms with van der Waals surface area (Å²) in [4.78, 5) is 10.8. The number of aliphatic carboxylic acids is 1. The molecule has 3 heteroatoms. The molecule has 14 heavy (non-hydrogen) atoms. The monoisotopic (exact) mass is 200 g/mol. The normalized spacial score (nSPS) is 11.5. The molecule has 0 radical (unpaired) electrons. The summed E-state index contributed by atoms with van der Waals surface area (Å²) in [6, 6.07) is 9.23. The van der Waals surface area contributed by atoms with E-state index in [0.717, 1.165) is 12.0 Å². The van der Waals surface area contributed by atoms with Crippen LogP contribution in [0, 0.1) is 0 Å². The van der Waals surface area contributed by atoms with Gasteiger partial charge in [-0.05, 0) is 12.0 Å². The zero-order valence-corrected chi connectivity index (χ0v) is 10.7. The molecule has 1 atom stereocenters. The Labute approximate surface area is 107 Å². The quantitative estimate of drug-likeness (QED) is 0.545. The van der Waals surface area contributed by atoms with Crippen LogP contribution in [0.2, 0.25) is 0 Å². The first-order valence-electron chi connectivity index (χ1n) is 4.51. The molecule has 0 N–H and O–H groups in total. The zero-order valence-electron chi connectivity index (χ0n) is 8.69. The van der Waals surface area contributed by atoms with Crippen LogP contribution in [0.15, 0.2) is 30.3 Å². The molecule has 0 saturated carbocycles. The maximum absolute atomic E-state index is 10.8. The number of carbonyl (C=O) groups is 1. The van der Waals surface area contributed by atoms with Crippen LogP contribution in [0.3, 0.4) is 0 Å². The van der Waals surface area contributed by atoms with E-state index in [0.29, 0.717) is 6.42 Å². The molecule has 0 amide bonds. The van der Waals surface area contributed by atoms with Gasteiger partial charge < -0.3 is 9.90 Å². The van der Waals surface area contributed by atoms with Crippen molar-refractivity contribution >= 4 is 5.97 Å². The molecule has 0 saturated heterocycles. The van der Waals surface area contributed by atoms with Crippen molar-refractivity contribution in [3.63, 3.8) is 0 Å². The molecular formula is C11H13NaO2. The Hall–Kier alpha value is -0.310. The van der Waals surface area contributed by atoms with Crippen molar-refractivity contribution in [1.29, 1.82) is 0 Å². The average molecular weight is 200 g/mol. The predicted octanol–water partition coefficient (Wildman–Crippen LogP) is -1.68. The van der Waals surface area contributed by atoms with Gasteiger partial charge in [0, 0.05) is 11.9 Å². The smallest absolute Gasteiger partial charge is 0.549 e. The second-order valence-electron chi connectivity index (χ2n) is 3.07. The number of hydrogen-bond acceptors (Lipinski definition) is 2. The molecule has 2 nitrogen and oxygen atoms in total. The molecule has 0 aromatic heterocycles. The Balaban J connectivity index is 0.00000169. The fraction of sp³-hybridized carbons (Fsp3) is 0.364. The third-order valence-corrected chi connectivity index (χ3v) is 2.06. The van der Waals surface area contributed by atoms with E-state index in [9.17, 15) is 9.90 Å². The minimum atomic E-state index is -0.979. The van der Waals surface area contributed by atoms with E-state index >= 15 is 0 Å². The molecule has 0 unspecified atom stereocenters. The van der Waals surface area contributed by atoms with E-state index in [1.807, 2.05) is 37.3 Å². The van der Waals surface area contributed by atoms with Crippen LogP contribution >= 0.6 is 0 Å². The van der Waals surface area contributed by atoms with Gasteiger partial charge in [0.05, 0.1) is 0 Å². The van der Waals surface area contributed by atoms with Gasteiger partial charge in [-0.2, -0.15) is 0 Å². The topological polar surface area (TPSA) is 40.1 Å². The Morgan fingerprint density at radius 2 is 1.93 bits per heavy atom. The SMILES string of the molecule is CCC[C@@H](C(=O)[O-])c1ccccc1.[Na+]. The van der Waals surface area contributed by atoms with Crippen molar-refractivity contribution in [2.45, 2.75) is 25.7 Å². The largest absolute Gasteiger partial charge is 1.00 e. The summed E-state index contributed by atoms with van der Waals surface area (Å²) < 4.78 is 0. The standard InChI is InChI=1S/C11H14O2.Na/c1-2-6-10(11(12)13)9-7-4-3-5-8-9;/h3-5,7-8,10H,2,6H2,1H3,(H,12,13);/q;+1/p-1/t10-;/m1./s1. The van der Waals surface area contributed by atoms with Gasteiger partial charge >= 0.3 is 29.6 Å². The molecule has 0 spiro atoms. The number of benzene rings is 1. The Morgan fingerprint density at radius 3 is 2.36 bits per heavy atom. The minimum Gasteiger partial charge on any atom is -0.549 e. The maximum atomic E-state index is 10.8. The second-order valence-corrected chi connectivity index (χ2v) is 3.07. The van der Waals surface area contributed by atoms with E-state index in [2.05, 4.69) is 0 Å². The molecule has 1 aromatic rings. The van der Waals surface area contributed by atoms with Gasteiger partial charge in [0.15, 0.2) is 0 Å². The van der Waals surface area contributed by atoms with Crippen LogP contribution in [0.25, 0.3) is 0 Å². The molecule has 0 aliphatic heterocycles. The van der Waals surface area contributed by atoms with Crippen LogP contribution in [-0.2, 0) is 4.79 Å². The van der Waals surface area contributed by atoms with Crippen molar-refractivity contribution in [1.82, 2.24) is 0 Å². The fourth-order valence-corrected chi connectivity index (χ4v) is 1.39. The first-order chi connectivity index (χ1) is 6.25. The molecule has 0 aliphatic rings. The van der Waals surface area contributed by atoms with Gasteiger partial charge in [0.25, 0.3) is 0 Å². The van der Waals surface area contributed by atoms with E-state index < -0.39 is 11.9 Å². The van der Waals surface area contributed by atoms with E-state index in [-0.39, 0.29) is 29.6 Å². The van der Waals surface area contributed by atoms with Crippen molar-refractivity contribution in [3.05, 3.63) is 35.9 Å². The zero-order chi connectivity index (χ0) is 9.68. The minimum absolute atomic E-state index is 0. The summed E-state index contributed by atoms with van der Waals surface area (Å²) in [5, 5.41) is 10.8. The van der Waals surface area contributed by atoms with E-state index in [4.69, 9.17) is 0 Å². The maximum Gasteiger partial charge on any atom is 1.00 e. The Morgan fingerprint density at radius 1 is 1.36 bits per heavy atom. The van der Waals surface area contributed by atoms with Crippen LogP contribution < -0.4 is 34.7 Å². The Kier molecular flexibility index (Phi) is 6.89. The van der Waals surface area contributed by atoms with Gasteiger partial charge in [-0.3, -0.25) is 0 Å². The average Bonchev–Trinajstić information content (AvgIpc) is 2.15. The summed E-state index contributed by atoms with van der Waals surface area (Å²) in [6.45, 7) is 1.97. The summed E-state index contributed by atoms with van der Waals surface area (Å²) in [5.41, 5.74) is 0.837. The first-order valence-corrected chi connectivity index (χ1v) is 4.51. The van der Waals surface area contributed by atoms with Gasteiger partial charge in [-0.25, -0.2) is 0 Å². The number of carboxylic acid groups (broad SMARTS) is 1. The molecular weight excluding hydrogens is 187 g/mol. The fourth-order valence-electron chi connectivity index (χ4n) is 1.39. The van der Waals surface area contributed by atoms with Gasteiger partial charge in [-0.1, -0.05) is 43.7 Å². The van der Waals surface area contributed by atoms with Crippen LogP contribution in [0.4, 0.5) is 0 Å². The van der Waals surface area contributed by atoms with Crippen molar-refractivity contribution in [3.8, 4) is 0 Å². The second kappa shape index (κ2) is 7.04. The molecule has 0 heterocycles. The third kappa shape index (κ3) is 3.82. The number of carbonyl (C=O) groups excluding carboxylic acids is 1. The van der Waals surface area contributed by atoms with Crippen molar-refractivity contribution < 1.29 is 39.5 Å². The first kappa shape index (κ1) is 13.7. The molecule has 1 rings (SSSR count). The number of hydrogen-bond donors (Lipinski definition) is 0. The van der Waals surface area contributed by atoms with E-state index in [1.54, 1.807) is 0 Å². The number of carboxylic acids is 1. The molecule has 0 aliphatic carbocycles. The van der Waals surface area contributed by atoms with Gasteiger partial charge in [-0.15, -0.1) is 0 Å². The summed E-state index contributed by atoms with van der Waals surface area (Å²) in [6.07, 6.45) is 1.50. The Bertz CT molecular complexity index is 272. The van der Waals surface area contributed by atoms with Crippen LogP contribution in [0.5, 0.6) is 0 Å². The van der Waals surface area contributed by atoms with Gasteiger partial charge in [0.1, 0.15) is 0 Å². The summed E-state index contributed by atoms with van der Waals surface area (Å²) in [5.74, 6) is -1.43. The summed E-state index contributed by atoms with van der Waals surface area (Å²) in [7, 11) is 0. The van der Waals surface area contributed by atoms with Crippen LogP contribution in [0.1, 0.15) is 31.2 Å². The van der Waals surface area contributed by atoms with E-state index in [1.165, 1.54) is 0 Å². The van der Waals surface area contributed by atoms with Crippen LogP contribution in [-0.4, -0.2) is 5.97 Å². The summed E-state index contributed by atoms with van der Waals surface area (Å²) >= 11 is 0. The third-order valence-electron chi connectivity index (χ3n) is 2.06. The molecule has 0 fully saturated rings. The van der Waals surface area contributed by atoms with Crippen molar-refractivity contribution in [2.75, 3.05) is 0 Å². The molecule has 1 aromatic carbocycles. The number of rotatable bonds is 4. The predicted molar refractivity (Wildman–Crippen MR) is 49.1 cm³/mol.